The highest BCUT2D eigenvalue weighted by atomic mass is 35.5. The van der Waals surface area contributed by atoms with Crippen LogP contribution in [0.3, 0.4) is 0 Å². The lowest BCUT2D eigenvalue weighted by molar-refractivity contribution is 0.0989. The van der Waals surface area contributed by atoms with Gasteiger partial charge in [0.2, 0.25) is 0 Å². The van der Waals surface area contributed by atoms with Crippen molar-refractivity contribution in [3.05, 3.63) is 97.6 Å². The van der Waals surface area contributed by atoms with E-state index < -0.39 is 6.04 Å². The summed E-state index contributed by atoms with van der Waals surface area (Å²) in [5, 5.41) is 0.659. The Morgan fingerprint density at radius 2 is 1.82 bits per heavy atom. The Bertz CT molecular complexity index is 1620. The van der Waals surface area contributed by atoms with Crippen LogP contribution in [0.4, 0.5) is 5.69 Å². The summed E-state index contributed by atoms with van der Waals surface area (Å²) in [6, 6.07) is 14.3. The van der Waals surface area contributed by atoms with Gasteiger partial charge in [-0.25, -0.2) is 4.98 Å². The first kappa shape index (κ1) is 26.1. The molecule has 38 heavy (non-hydrogen) atoms. The number of carbonyl (C=O) groups is 1. The molecule has 1 amide bonds. The van der Waals surface area contributed by atoms with Gasteiger partial charge in [0.15, 0.2) is 5.69 Å². The van der Waals surface area contributed by atoms with E-state index in [0.717, 1.165) is 22.4 Å². The SMILES string of the molecule is CCn1cc(N2C(=O)c3nc(-c4ccccc4OC)n(C(C)C)c3C2c2ccc(Cl)cc2C)cc(Cl)c1=O. The van der Waals surface area contributed by atoms with Crippen LogP contribution >= 0.6 is 23.2 Å². The molecule has 0 fully saturated rings. The van der Waals surface area contributed by atoms with Crippen LogP contribution in [0.25, 0.3) is 11.4 Å². The number of para-hydroxylation sites is 1. The minimum Gasteiger partial charge on any atom is -0.496 e. The molecular weight excluding hydrogens is 523 g/mol. The van der Waals surface area contributed by atoms with Gasteiger partial charge >= 0.3 is 0 Å². The van der Waals surface area contributed by atoms with Gasteiger partial charge in [0.25, 0.3) is 11.5 Å². The average molecular weight is 551 g/mol. The first-order chi connectivity index (χ1) is 18.2. The van der Waals surface area contributed by atoms with Crippen molar-refractivity contribution in [1.29, 1.82) is 0 Å². The van der Waals surface area contributed by atoms with Crippen LogP contribution < -0.4 is 15.2 Å². The fourth-order valence-electron chi connectivity index (χ4n) is 5.21. The topological polar surface area (TPSA) is 69.4 Å². The Morgan fingerprint density at radius 3 is 2.47 bits per heavy atom. The molecule has 4 aromatic rings. The summed E-state index contributed by atoms with van der Waals surface area (Å²) in [5.74, 6) is 1.05. The van der Waals surface area contributed by atoms with E-state index in [0.29, 0.717) is 34.5 Å². The zero-order chi connectivity index (χ0) is 27.3. The lowest BCUT2D eigenvalue weighted by atomic mass is 9.98. The molecule has 1 atom stereocenters. The van der Waals surface area contributed by atoms with Gasteiger partial charge in [-0.1, -0.05) is 41.4 Å². The monoisotopic (exact) mass is 550 g/mol. The maximum Gasteiger partial charge on any atom is 0.279 e. The summed E-state index contributed by atoms with van der Waals surface area (Å²) in [7, 11) is 1.62. The van der Waals surface area contributed by atoms with E-state index in [1.807, 2.05) is 56.3 Å². The third-order valence-corrected chi connectivity index (χ3v) is 7.43. The molecule has 0 saturated heterocycles. The molecular formula is C29H28Cl2N4O3. The largest absolute Gasteiger partial charge is 0.496 e. The van der Waals surface area contributed by atoms with E-state index in [1.165, 1.54) is 4.57 Å². The maximum atomic E-state index is 14.2. The predicted molar refractivity (Wildman–Crippen MR) is 151 cm³/mol. The quantitative estimate of drug-likeness (QED) is 0.268. The highest BCUT2D eigenvalue weighted by Crippen LogP contribution is 2.46. The number of fused-ring (bicyclic) bond motifs is 1. The summed E-state index contributed by atoms with van der Waals surface area (Å²) in [5.41, 5.74) is 3.97. The lowest BCUT2D eigenvalue weighted by Crippen LogP contribution is -2.32. The summed E-state index contributed by atoms with van der Waals surface area (Å²) >= 11 is 12.7. The van der Waals surface area contributed by atoms with Gasteiger partial charge in [0.1, 0.15) is 22.6 Å². The number of methoxy groups -OCH3 is 1. The number of anilines is 1. The highest BCUT2D eigenvalue weighted by Gasteiger charge is 2.45. The van der Waals surface area contributed by atoms with Crippen LogP contribution in [-0.2, 0) is 6.54 Å². The van der Waals surface area contributed by atoms with Crippen LogP contribution in [0.2, 0.25) is 10.0 Å². The van der Waals surface area contributed by atoms with Crippen LogP contribution in [-0.4, -0.2) is 27.1 Å². The van der Waals surface area contributed by atoms with Gasteiger partial charge in [-0.15, -0.1) is 0 Å². The number of rotatable bonds is 6. The Balaban J connectivity index is 1.83. The van der Waals surface area contributed by atoms with Gasteiger partial charge in [-0.2, -0.15) is 0 Å². The molecule has 0 bridgehead atoms. The van der Waals surface area contributed by atoms with Crippen LogP contribution in [0, 0.1) is 6.92 Å². The van der Waals surface area contributed by atoms with Gasteiger partial charge in [-0.3, -0.25) is 14.5 Å². The molecule has 2 aromatic heterocycles. The van der Waals surface area contributed by atoms with Crippen molar-refractivity contribution in [2.75, 3.05) is 12.0 Å². The molecule has 0 spiro atoms. The van der Waals surface area contributed by atoms with E-state index in [4.69, 9.17) is 32.9 Å². The minimum absolute atomic E-state index is 0.0257. The minimum atomic E-state index is -0.521. The van der Waals surface area contributed by atoms with Crippen molar-refractivity contribution < 1.29 is 9.53 Å². The van der Waals surface area contributed by atoms with E-state index in [1.54, 1.807) is 24.3 Å². The molecule has 0 saturated carbocycles. The Hall–Kier alpha value is -3.55. The number of benzene rings is 2. The second kappa shape index (κ2) is 9.97. The van der Waals surface area contributed by atoms with Crippen molar-refractivity contribution in [2.24, 2.45) is 0 Å². The third kappa shape index (κ3) is 4.10. The van der Waals surface area contributed by atoms with Gasteiger partial charge < -0.3 is 13.9 Å². The summed E-state index contributed by atoms with van der Waals surface area (Å²) in [6.07, 6.45) is 1.68. The highest BCUT2D eigenvalue weighted by molar-refractivity contribution is 6.31. The molecule has 1 aliphatic heterocycles. The zero-order valence-electron chi connectivity index (χ0n) is 21.8. The average Bonchev–Trinajstić information content (AvgIpc) is 3.41. The third-order valence-electron chi connectivity index (χ3n) is 6.92. The number of hydrogen-bond acceptors (Lipinski definition) is 4. The molecule has 0 N–H and O–H groups in total. The molecule has 3 heterocycles. The fourth-order valence-corrected chi connectivity index (χ4v) is 5.66. The Morgan fingerprint density at radius 1 is 1.08 bits per heavy atom. The number of pyridine rings is 1. The van der Waals surface area contributed by atoms with Crippen LogP contribution in [0.5, 0.6) is 5.75 Å². The second-order valence-corrected chi connectivity index (χ2v) is 10.4. The number of nitrogens with zero attached hydrogens (tertiary/aromatic N) is 4. The number of ether oxygens (including phenoxy) is 1. The molecule has 1 aliphatic rings. The summed E-state index contributed by atoms with van der Waals surface area (Å²) in [6.45, 7) is 8.37. The van der Waals surface area contributed by atoms with Gasteiger partial charge in [0, 0.05) is 23.8 Å². The number of hydrogen-bond donors (Lipinski definition) is 0. The van der Waals surface area contributed by atoms with Gasteiger partial charge in [-0.05, 0) is 69.2 Å². The molecule has 196 valence electrons. The van der Waals surface area contributed by atoms with E-state index in [-0.39, 0.29) is 22.5 Å². The maximum absolute atomic E-state index is 14.2. The standard InChI is InChI=1S/C29H28Cl2N4O3/c1-6-33-15-19(14-22(31)28(33)36)35-25(20-12-11-18(30)13-17(20)4)26-24(29(35)37)32-27(34(26)16(2)3)21-9-7-8-10-23(21)38-5/h7-16,25H,6H2,1-5H3. The molecule has 0 aliphatic carbocycles. The first-order valence-electron chi connectivity index (χ1n) is 12.4. The first-order valence-corrected chi connectivity index (χ1v) is 13.2. The summed E-state index contributed by atoms with van der Waals surface area (Å²) in [4.78, 5) is 33.3. The van der Waals surface area contributed by atoms with Crippen molar-refractivity contribution in [2.45, 2.75) is 46.3 Å². The lowest BCUT2D eigenvalue weighted by Gasteiger charge is -2.30. The van der Waals surface area contributed by atoms with Crippen molar-refractivity contribution >= 4 is 34.8 Å². The fraction of sp³-hybridized carbons (Fsp3) is 0.276. The van der Waals surface area contributed by atoms with E-state index in [2.05, 4.69) is 18.4 Å². The van der Waals surface area contributed by atoms with Crippen molar-refractivity contribution in [3.63, 3.8) is 0 Å². The molecule has 5 rings (SSSR count). The number of amides is 1. The Labute approximate surface area is 231 Å². The smallest absolute Gasteiger partial charge is 0.279 e. The van der Waals surface area contributed by atoms with Crippen molar-refractivity contribution in [3.8, 4) is 17.1 Å². The number of aryl methyl sites for hydroxylation is 2. The second-order valence-electron chi connectivity index (χ2n) is 9.55. The van der Waals surface area contributed by atoms with E-state index in [9.17, 15) is 9.59 Å². The normalized spacial score (nSPS) is 14.9. The molecule has 7 nitrogen and oxygen atoms in total. The summed E-state index contributed by atoms with van der Waals surface area (Å²) < 4.78 is 9.24. The Kier molecular flexibility index (Phi) is 6.84. The number of carbonyl (C=O) groups excluding carboxylic acids is 1. The van der Waals surface area contributed by atoms with Gasteiger partial charge in [0.05, 0.1) is 24.1 Å². The number of imidazole rings is 1. The predicted octanol–water partition coefficient (Wildman–Crippen LogP) is 6.69. The number of halogens is 2. The molecule has 2 aromatic carbocycles. The molecule has 9 heteroatoms. The van der Waals surface area contributed by atoms with E-state index >= 15 is 0 Å². The number of aromatic nitrogens is 3. The van der Waals surface area contributed by atoms with Crippen LogP contribution in [0.1, 0.15) is 60.2 Å². The zero-order valence-corrected chi connectivity index (χ0v) is 23.3. The van der Waals surface area contributed by atoms with Crippen LogP contribution in [0.15, 0.2) is 59.5 Å². The molecule has 1 unspecified atom stereocenters. The van der Waals surface area contributed by atoms with Crippen molar-refractivity contribution in [1.82, 2.24) is 14.1 Å². The molecule has 0 radical (unpaired) electrons.